The highest BCUT2D eigenvalue weighted by Crippen LogP contribution is 2.16. The van der Waals surface area contributed by atoms with Crippen LogP contribution in [0.25, 0.3) is 0 Å². The Hall–Kier alpha value is -2.56. The van der Waals surface area contributed by atoms with E-state index in [-0.39, 0.29) is 5.69 Å². The van der Waals surface area contributed by atoms with Gasteiger partial charge in [-0.3, -0.25) is 10.1 Å². The maximum atomic E-state index is 10.2. The lowest BCUT2D eigenvalue weighted by Crippen LogP contribution is -1.85. The quantitative estimate of drug-likeness (QED) is 0.342. The van der Waals surface area contributed by atoms with Gasteiger partial charge in [-0.05, 0) is 61.2 Å². The van der Waals surface area contributed by atoms with Crippen molar-refractivity contribution < 1.29 is 4.92 Å². The molecule has 7 heteroatoms. The molecular formula is C15H11N3O2S2. The van der Waals surface area contributed by atoms with Gasteiger partial charge in [0.15, 0.2) is 0 Å². The first-order valence-corrected chi connectivity index (χ1v) is 6.85. The minimum absolute atomic E-state index is 0.0401. The molecule has 5 nitrogen and oxygen atoms in total. The average Bonchev–Trinajstić information content (AvgIpc) is 2.49. The van der Waals surface area contributed by atoms with E-state index in [1.165, 1.54) is 29.8 Å². The van der Waals surface area contributed by atoms with Crippen molar-refractivity contribution in [3.63, 3.8) is 0 Å². The molecule has 0 amide bonds. The molecule has 0 saturated carbocycles. The topological polar surface area (TPSA) is 67.9 Å². The first-order valence-electron chi connectivity index (χ1n) is 6.03. The van der Waals surface area contributed by atoms with Crippen LogP contribution in [0.15, 0.2) is 58.5 Å². The van der Waals surface area contributed by atoms with Gasteiger partial charge in [0.05, 0.1) is 26.6 Å². The van der Waals surface area contributed by atoms with Gasteiger partial charge in [-0.25, -0.2) is 0 Å². The molecule has 22 heavy (non-hydrogen) atoms. The Morgan fingerprint density at radius 3 is 2.09 bits per heavy atom. The summed E-state index contributed by atoms with van der Waals surface area (Å²) in [7, 11) is 0. The Bertz CT molecular complexity index is 727. The number of nitro benzene ring substituents is 1. The lowest BCUT2D eigenvalue weighted by atomic mass is 10.2. The Morgan fingerprint density at radius 2 is 1.59 bits per heavy atom. The fraction of sp³-hybridized carbons (Fsp3) is 0.0667. The van der Waals surface area contributed by atoms with Crippen LogP contribution in [0.4, 0.5) is 17.1 Å². The largest absolute Gasteiger partial charge is 0.269 e. The van der Waals surface area contributed by atoms with Crippen LogP contribution in [0.5, 0.6) is 0 Å². The summed E-state index contributed by atoms with van der Waals surface area (Å²) in [4.78, 5) is 17.2. The zero-order valence-electron chi connectivity index (χ0n) is 11.6. The van der Waals surface area contributed by atoms with Crippen molar-refractivity contribution in [2.45, 2.75) is 6.92 Å². The van der Waals surface area contributed by atoms with Crippen molar-refractivity contribution in [1.29, 1.82) is 0 Å². The maximum absolute atomic E-state index is 10.2. The third-order valence-electron chi connectivity index (χ3n) is 2.41. The summed E-state index contributed by atoms with van der Waals surface area (Å²) in [5, 5.41) is 14.7. The second-order valence-electron chi connectivity index (χ2n) is 4.02. The number of aryl methyl sites for hydroxylation is 1. The first-order chi connectivity index (χ1) is 10.6. The molecule has 0 aromatic heterocycles. The number of hydrogen-bond donors (Lipinski definition) is 0. The van der Waals surface area contributed by atoms with Gasteiger partial charge in [0.25, 0.3) is 5.69 Å². The SMILES string of the molecule is Cc1cccc(N=C=S)c1.O=[N+]([O-])c1ccc(N=C=S)cc1. The summed E-state index contributed by atoms with van der Waals surface area (Å²) in [5.74, 6) is 0. The molecule has 2 aromatic carbocycles. The van der Waals surface area contributed by atoms with Crippen molar-refractivity contribution in [2.75, 3.05) is 0 Å². The van der Waals surface area contributed by atoms with E-state index in [2.05, 4.69) is 44.7 Å². The van der Waals surface area contributed by atoms with Crippen LogP contribution in [0.3, 0.4) is 0 Å². The van der Waals surface area contributed by atoms with Gasteiger partial charge in [0.2, 0.25) is 0 Å². The minimum atomic E-state index is -0.467. The molecule has 0 fully saturated rings. The average molecular weight is 329 g/mol. The Morgan fingerprint density at radius 1 is 1.00 bits per heavy atom. The van der Waals surface area contributed by atoms with Crippen LogP contribution >= 0.6 is 24.4 Å². The molecule has 0 N–H and O–H groups in total. The highest BCUT2D eigenvalue weighted by Gasteiger charge is 2.02. The number of aliphatic imine (C=N–C) groups is 2. The summed E-state index contributed by atoms with van der Waals surface area (Å²) in [6.45, 7) is 2.02. The summed E-state index contributed by atoms with van der Waals surface area (Å²) in [6, 6.07) is 13.6. The number of benzene rings is 2. The van der Waals surface area contributed by atoms with E-state index in [0.29, 0.717) is 5.69 Å². The van der Waals surface area contributed by atoms with Crippen LogP contribution in [0, 0.1) is 17.0 Å². The number of nitrogens with zero attached hydrogens (tertiary/aromatic N) is 3. The molecule has 0 bridgehead atoms. The van der Waals surface area contributed by atoms with Crippen molar-refractivity contribution in [2.24, 2.45) is 9.98 Å². The van der Waals surface area contributed by atoms with Crippen LogP contribution in [-0.2, 0) is 0 Å². The minimum Gasteiger partial charge on any atom is -0.258 e. The van der Waals surface area contributed by atoms with Crippen molar-refractivity contribution in [3.05, 3.63) is 64.2 Å². The molecule has 0 aliphatic carbocycles. The number of non-ortho nitro benzene ring substituents is 1. The monoisotopic (exact) mass is 329 g/mol. The normalized spacial score (nSPS) is 8.59. The zero-order chi connectivity index (χ0) is 16.4. The molecular weight excluding hydrogens is 318 g/mol. The van der Waals surface area contributed by atoms with E-state index in [0.717, 1.165) is 5.69 Å². The highest BCUT2D eigenvalue weighted by atomic mass is 32.1. The second-order valence-corrected chi connectivity index (χ2v) is 4.38. The fourth-order valence-electron chi connectivity index (χ4n) is 1.45. The smallest absolute Gasteiger partial charge is 0.258 e. The number of hydrogen-bond acceptors (Lipinski definition) is 6. The zero-order valence-corrected chi connectivity index (χ0v) is 13.2. The Labute approximate surface area is 138 Å². The molecule has 110 valence electrons. The van der Waals surface area contributed by atoms with Crippen molar-refractivity contribution in [3.8, 4) is 0 Å². The first kappa shape index (κ1) is 17.5. The standard InChI is InChI=1S/C8H7NS.C7H4N2O2S/c1-7-3-2-4-8(5-7)9-6-10;10-9(11)7-3-1-6(2-4-7)8-5-12/h2-5H,1H3;1-4H. The van der Waals surface area contributed by atoms with Gasteiger partial charge in [-0.2, -0.15) is 9.98 Å². The third-order valence-corrected chi connectivity index (χ3v) is 2.59. The fourth-order valence-corrected chi connectivity index (χ4v) is 1.66. The highest BCUT2D eigenvalue weighted by molar-refractivity contribution is 7.78. The molecule has 0 aliphatic heterocycles. The van der Waals surface area contributed by atoms with E-state index < -0.39 is 4.92 Å². The van der Waals surface area contributed by atoms with Crippen LogP contribution < -0.4 is 0 Å². The lowest BCUT2D eigenvalue weighted by molar-refractivity contribution is -0.384. The van der Waals surface area contributed by atoms with Gasteiger partial charge in [0.1, 0.15) is 0 Å². The maximum Gasteiger partial charge on any atom is 0.269 e. The van der Waals surface area contributed by atoms with Crippen molar-refractivity contribution in [1.82, 2.24) is 0 Å². The molecule has 0 atom stereocenters. The summed E-state index contributed by atoms with van der Waals surface area (Å²) in [6.07, 6.45) is 0. The number of nitro groups is 1. The summed E-state index contributed by atoms with van der Waals surface area (Å²) < 4.78 is 0. The molecule has 2 rings (SSSR count). The molecule has 0 unspecified atom stereocenters. The summed E-state index contributed by atoms with van der Waals surface area (Å²) in [5.41, 5.74) is 2.66. The predicted octanol–water partition coefficient (Wildman–Crippen LogP) is 5.06. The Balaban J connectivity index is 0.000000224. The number of rotatable bonds is 3. The summed E-state index contributed by atoms with van der Waals surface area (Å²) >= 11 is 8.83. The van der Waals surface area contributed by atoms with Gasteiger partial charge in [-0.15, -0.1) is 0 Å². The van der Waals surface area contributed by atoms with E-state index in [9.17, 15) is 10.1 Å². The van der Waals surface area contributed by atoms with Gasteiger partial charge in [0, 0.05) is 12.1 Å². The van der Waals surface area contributed by atoms with Gasteiger partial charge >= 0.3 is 0 Å². The van der Waals surface area contributed by atoms with E-state index in [1.807, 2.05) is 31.2 Å². The van der Waals surface area contributed by atoms with Crippen LogP contribution in [0.2, 0.25) is 0 Å². The molecule has 0 spiro atoms. The molecule has 2 aromatic rings. The molecule has 0 aliphatic rings. The van der Waals surface area contributed by atoms with Crippen LogP contribution in [-0.4, -0.2) is 15.2 Å². The van der Waals surface area contributed by atoms with Crippen LogP contribution in [0.1, 0.15) is 5.56 Å². The van der Waals surface area contributed by atoms with E-state index >= 15 is 0 Å². The van der Waals surface area contributed by atoms with Gasteiger partial charge < -0.3 is 0 Å². The van der Waals surface area contributed by atoms with Crippen molar-refractivity contribution >= 4 is 51.8 Å². The molecule has 0 heterocycles. The number of thiocarbonyl (C=S) groups is 2. The predicted molar refractivity (Wildman–Crippen MR) is 93.6 cm³/mol. The lowest BCUT2D eigenvalue weighted by Gasteiger charge is -1.90. The molecule has 0 saturated heterocycles. The van der Waals surface area contributed by atoms with Gasteiger partial charge in [-0.1, -0.05) is 12.1 Å². The number of isothiocyanates is 2. The van der Waals surface area contributed by atoms with E-state index in [1.54, 1.807) is 0 Å². The molecule has 0 radical (unpaired) electrons. The second kappa shape index (κ2) is 9.39. The van der Waals surface area contributed by atoms with E-state index in [4.69, 9.17) is 0 Å². The Kier molecular flexibility index (Phi) is 7.47. The third kappa shape index (κ3) is 6.26.